The Bertz CT molecular complexity index is 1170. The molecular formula is C16H12N5NaO7S. The molecule has 0 aromatic heterocycles. The molecule has 0 saturated carbocycles. The number of aromatic hydroxyl groups is 1. The van der Waals surface area contributed by atoms with Gasteiger partial charge >= 0.3 is 29.6 Å². The molecule has 1 amide bonds. The van der Waals surface area contributed by atoms with Crippen LogP contribution in [0.25, 0.3) is 0 Å². The van der Waals surface area contributed by atoms with Crippen molar-refractivity contribution in [2.75, 3.05) is 5.01 Å². The summed E-state index contributed by atoms with van der Waals surface area (Å²) in [5.41, 5.74) is -0.0416. The van der Waals surface area contributed by atoms with Crippen LogP contribution in [0.3, 0.4) is 0 Å². The normalized spacial score (nSPS) is 16.5. The second-order valence-electron chi connectivity index (χ2n) is 5.89. The minimum atomic E-state index is -4.63. The van der Waals surface area contributed by atoms with Gasteiger partial charge in [0.2, 0.25) is 0 Å². The van der Waals surface area contributed by atoms with Crippen LogP contribution in [0, 0.1) is 10.1 Å². The summed E-state index contributed by atoms with van der Waals surface area (Å²) in [6.07, 6.45) is 0. The van der Waals surface area contributed by atoms with Gasteiger partial charge in [-0.2, -0.15) is 20.3 Å². The molecule has 1 atom stereocenters. The summed E-state index contributed by atoms with van der Waals surface area (Å²) in [6.45, 7) is 1.51. The van der Waals surface area contributed by atoms with Crippen molar-refractivity contribution in [1.29, 1.82) is 0 Å². The van der Waals surface area contributed by atoms with E-state index in [2.05, 4.69) is 15.3 Å². The molecule has 1 aliphatic heterocycles. The van der Waals surface area contributed by atoms with Crippen LogP contribution in [-0.4, -0.2) is 40.7 Å². The van der Waals surface area contributed by atoms with E-state index < -0.39 is 31.9 Å². The number of non-ortho nitro benzene ring substituents is 1. The number of benzene rings is 2. The summed E-state index contributed by atoms with van der Waals surface area (Å²) in [5, 5.41) is 33.2. The second kappa shape index (κ2) is 8.97. The molecule has 14 heteroatoms. The summed E-state index contributed by atoms with van der Waals surface area (Å²) >= 11 is 0. The molecule has 0 saturated heterocycles. The van der Waals surface area contributed by atoms with Gasteiger partial charge in [-0.25, -0.2) is 8.42 Å². The molecule has 0 bridgehead atoms. The number of azo groups is 1. The Kier molecular flexibility index (Phi) is 7.05. The van der Waals surface area contributed by atoms with Crippen molar-refractivity contribution >= 4 is 38.8 Å². The van der Waals surface area contributed by atoms with Crippen LogP contribution in [0.5, 0.6) is 5.75 Å². The van der Waals surface area contributed by atoms with Crippen molar-refractivity contribution in [1.82, 2.24) is 0 Å². The number of hydrazone groups is 1. The fourth-order valence-corrected chi connectivity index (χ4v) is 2.92. The molecule has 2 aromatic carbocycles. The minimum absolute atomic E-state index is 0. The maximum atomic E-state index is 12.6. The van der Waals surface area contributed by atoms with Crippen molar-refractivity contribution in [2.24, 2.45) is 15.3 Å². The first-order valence-electron chi connectivity index (χ1n) is 7.91. The van der Waals surface area contributed by atoms with E-state index in [9.17, 15) is 33.0 Å². The van der Waals surface area contributed by atoms with Gasteiger partial charge in [-0.3, -0.25) is 14.9 Å². The molecule has 3 rings (SSSR count). The third-order valence-corrected chi connectivity index (χ3v) is 4.77. The van der Waals surface area contributed by atoms with Gasteiger partial charge in [-0.15, -0.1) is 0 Å². The van der Waals surface area contributed by atoms with Gasteiger partial charge in [0.15, 0.2) is 6.04 Å². The van der Waals surface area contributed by atoms with Gasteiger partial charge in [0, 0.05) is 12.1 Å². The molecular weight excluding hydrogens is 429 g/mol. The number of hydrogen-bond donors (Lipinski definition) is 1. The Hall–Kier alpha value is -2.71. The summed E-state index contributed by atoms with van der Waals surface area (Å²) in [4.78, 5) is 22.3. The Morgan fingerprint density at radius 1 is 1.20 bits per heavy atom. The zero-order chi connectivity index (χ0) is 21.3. The van der Waals surface area contributed by atoms with E-state index in [0.717, 1.165) is 35.3 Å². The van der Waals surface area contributed by atoms with Crippen LogP contribution in [0.2, 0.25) is 0 Å². The molecule has 1 unspecified atom stereocenters. The van der Waals surface area contributed by atoms with Gasteiger partial charge in [-0.05, 0) is 37.3 Å². The van der Waals surface area contributed by atoms with Crippen molar-refractivity contribution in [2.45, 2.75) is 17.9 Å². The van der Waals surface area contributed by atoms with Crippen LogP contribution in [0.4, 0.5) is 17.1 Å². The van der Waals surface area contributed by atoms with Crippen molar-refractivity contribution in [3.63, 3.8) is 0 Å². The number of phenols is 1. The molecule has 0 spiro atoms. The predicted octanol–water partition coefficient (Wildman–Crippen LogP) is -0.916. The Balaban J connectivity index is 0.00000320. The number of phenolic OH excluding ortho intramolecular Hbond substituents is 1. The number of carbonyl (C=O) groups excluding carboxylic acids is 1. The molecule has 1 aliphatic rings. The number of nitro benzene ring substituents is 1. The second-order valence-corrected chi connectivity index (χ2v) is 7.27. The summed E-state index contributed by atoms with van der Waals surface area (Å²) < 4.78 is 33.0. The molecule has 150 valence electrons. The van der Waals surface area contributed by atoms with Gasteiger partial charge in [0.1, 0.15) is 21.6 Å². The van der Waals surface area contributed by atoms with Crippen LogP contribution < -0.4 is 34.6 Å². The summed E-state index contributed by atoms with van der Waals surface area (Å²) in [7, 11) is -4.63. The number of anilines is 1. The third-order valence-electron chi connectivity index (χ3n) is 3.92. The Morgan fingerprint density at radius 2 is 1.83 bits per heavy atom. The molecule has 0 fully saturated rings. The average molecular weight is 441 g/mol. The third kappa shape index (κ3) is 4.88. The molecule has 2 aromatic rings. The predicted molar refractivity (Wildman–Crippen MR) is 98.1 cm³/mol. The van der Waals surface area contributed by atoms with E-state index >= 15 is 0 Å². The molecule has 12 nitrogen and oxygen atoms in total. The number of carbonyl (C=O) groups is 1. The molecule has 30 heavy (non-hydrogen) atoms. The van der Waals surface area contributed by atoms with Gasteiger partial charge in [0.05, 0.1) is 21.2 Å². The molecule has 0 aliphatic carbocycles. The van der Waals surface area contributed by atoms with Crippen molar-refractivity contribution < 1.29 is 57.4 Å². The smallest absolute Gasteiger partial charge is 0.744 e. The monoisotopic (exact) mass is 441 g/mol. The van der Waals surface area contributed by atoms with E-state index in [1.807, 2.05) is 0 Å². The van der Waals surface area contributed by atoms with Gasteiger partial charge in [-0.1, -0.05) is 0 Å². The topological polar surface area (TPSA) is 178 Å². The quantitative estimate of drug-likeness (QED) is 0.205. The van der Waals surface area contributed by atoms with E-state index in [0.29, 0.717) is 0 Å². The van der Waals surface area contributed by atoms with Crippen molar-refractivity contribution in [3.05, 3.63) is 52.6 Å². The standard InChI is InChI=1S/C16H13N5O7S.Na/c1-9-15(18-17-13-8-11(21(24)25)4-7-14(13)22)16(23)20(19-9)10-2-5-12(6-3-10)29(26,27)28;/h2-8,15,22H,1H3,(H,26,27,28);/q;+1/p-1. The summed E-state index contributed by atoms with van der Waals surface area (Å²) in [5.74, 6) is -0.973. The van der Waals surface area contributed by atoms with Crippen LogP contribution in [0.1, 0.15) is 6.92 Å². The summed E-state index contributed by atoms with van der Waals surface area (Å²) in [6, 6.07) is 6.62. The minimum Gasteiger partial charge on any atom is -0.744 e. The van der Waals surface area contributed by atoms with Crippen LogP contribution >= 0.6 is 0 Å². The van der Waals surface area contributed by atoms with Gasteiger partial charge in [0.25, 0.3) is 11.6 Å². The van der Waals surface area contributed by atoms with E-state index in [1.54, 1.807) is 0 Å². The number of amides is 1. The maximum Gasteiger partial charge on any atom is 1.00 e. The van der Waals surface area contributed by atoms with Crippen molar-refractivity contribution in [3.8, 4) is 5.75 Å². The SMILES string of the molecule is CC1=NN(c2ccc(S(=O)(=O)[O-])cc2)C(=O)C1N=Nc1cc([N+](=O)[O-])ccc1O.[Na+]. The van der Waals surface area contributed by atoms with E-state index in [1.165, 1.54) is 19.1 Å². The first kappa shape index (κ1) is 23.6. The number of hydrogen-bond acceptors (Lipinski definition) is 10. The van der Waals surface area contributed by atoms with E-state index in [4.69, 9.17) is 0 Å². The van der Waals surface area contributed by atoms with Crippen LogP contribution in [-0.2, 0) is 14.9 Å². The van der Waals surface area contributed by atoms with Gasteiger partial charge < -0.3 is 9.66 Å². The molecule has 0 radical (unpaired) electrons. The first-order valence-corrected chi connectivity index (χ1v) is 9.32. The zero-order valence-corrected chi connectivity index (χ0v) is 18.5. The largest absolute Gasteiger partial charge is 1.00 e. The zero-order valence-electron chi connectivity index (χ0n) is 15.7. The Labute approximate surface area is 192 Å². The molecule has 1 N–H and O–H groups in total. The number of nitrogens with zero attached hydrogens (tertiary/aromatic N) is 5. The number of rotatable bonds is 5. The fraction of sp³-hybridized carbons (Fsp3) is 0.125. The van der Waals surface area contributed by atoms with E-state index in [-0.39, 0.29) is 58.1 Å². The first-order chi connectivity index (χ1) is 13.6. The molecule has 1 heterocycles. The number of nitro groups is 1. The average Bonchev–Trinajstić information content (AvgIpc) is 2.94. The maximum absolute atomic E-state index is 12.6. The fourth-order valence-electron chi connectivity index (χ4n) is 2.45. The van der Waals surface area contributed by atoms with Crippen LogP contribution in [0.15, 0.2) is 62.7 Å². The Morgan fingerprint density at radius 3 is 2.40 bits per heavy atom.